The summed E-state index contributed by atoms with van der Waals surface area (Å²) in [6.45, 7) is 0. The van der Waals surface area contributed by atoms with Crippen molar-refractivity contribution in [2.45, 2.75) is 30.2 Å². The van der Waals surface area contributed by atoms with Crippen molar-refractivity contribution in [2.24, 2.45) is 5.41 Å². The van der Waals surface area contributed by atoms with Crippen LogP contribution in [0.15, 0.2) is 23.1 Å². The van der Waals surface area contributed by atoms with Crippen molar-refractivity contribution in [1.82, 2.24) is 5.32 Å². The number of carboxylic acid groups (broad SMARTS) is 1. The third kappa shape index (κ3) is 2.08. The molecular formula is C14H14FNO3S. The number of fused-ring (bicyclic) bond motifs is 1. The van der Waals surface area contributed by atoms with E-state index in [9.17, 15) is 14.0 Å². The Labute approximate surface area is 119 Å². The minimum Gasteiger partial charge on any atom is -0.480 e. The normalized spacial score (nSPS) is 22.8. The van der Waals surface area contributed by atoms with E-state index in [1.165, 1.54) is 17.8 Å². The van der Waals surface area contributed by atoms with E-state index in [0.29, 0.717) is 29.9 Å². The molecule has 3 rings (SSSR count). The van der Waals surface area contributed by atoms with Crippen molar-refractivity contribution in [1.29, 1.82) is 0 Å². The standard InChI is InChI=1S/C14H14FNO3S/c15-9-3-1-2-8-10(4-7-20-11(8)9)16-12(17)14(5-6-14)13(18)19/h1-3,10H,4-7H2,(H,16,17)(H,18,19)/t10-/m0/s1. The summed E-state index contributed by atoms with van der Waals surface area (Å²) < 4.78 is 13.7. The van der Waals surface area contributed by atoms with Crippen LogP contribution in [0.5, 0.6) is 0 Å². The van der Waals surface area contributed by atoms with Gasteiger partial charge in [-0.2, -0.15) is 0 Å². The van der Waals surface area contributed by atoms with E-state index in [2.05, 4.69) is 5.32 Å². The second-order valence-corrected chi connectivity index (χ2v) is 6.31. The van der Waals surface area contributed by atoms with Crippen molar-refractivity contribution in [3.05, 3.63) is 29.6 Å². The average Bonchev–Trinajstić information content (AvgIpc) is 3.21. The molecule has 2 aliphatic rings. The Kier molecular flexibility index (Phi) is 3.20. The zero-order valence-corrected chi connectivity index (χ0v) is 11.5. The van der Waals surface area contributed by atoms with Crippen LogP contribution in [0.4, 0.5) is 4.39 Å². The Balaban J connectivity index is 1.82. The molecule has 0 radical (unpaired) electrons. The SMILES string of the molecule is O=C(O)C1(C(=O)N[C@H]2CCSc3c(F)cccc32)CC1. The number of carbonyl (C=O) groups excluding carboxylic acids is 1. The third-order valence-electron chi connectivity index (χ3n) is 3.93. The Morgan fingerprint density at radius 2 is 2.15 bits per heavy atom. The Hall–Kier alpha value is -1.56. The van der Waals surface area contributed by atoms with Crippen LogP contribution in [-0.4, -0.2) is 22.7 Å². The highest BCUT2D eigenvalue weighted by Gasteiger charge is 2.57. The summed E-state index contributed by atoms with van der Waals surface area (Å²) in [5.74, 6) is -1.10. The summed E-state index contributed by atoms with van der Waals surface area (Å²) in [6, 6.07) is 4.50. The number of amides is 1. The van der Waals surface area contributed by atoms with Crippen LogP contribution < -0.4 is 5.32 Å². The molecular weight excluding hydrogens is 281 g/mol. The molecule has 6 heteroatoms. The summed E-state index contributed by atoms with van der Waals surface area (Å²) in [5, 5.41) is 11.9. The summed E-state index contributed by atoms with van der Waals surface area (Å²) in [7, 11) is 0. The van der Waals surface area contributed by atoms with Crippen molar-refractivity contribution in [3.8, 4) is 0 Å². The number of aliphatic carboxylic acids is 1. The lowest BCUT2D eigenvalue weighted by Gasteiger charge is -2.27. The number of nitrogens with one attached hydrogen (secondary N) is 1. The molecule has 0 bridgehead atoms. The highest BCUT2D eigenvalue weighted by atomic mass is 32.2. The van der Waals surface area contributed by atoms with Crippen LogP contribution in [0, 0.1) is 11.2 Å². The van der Waals surface area contributed by atoms with Crippen LogP contribution in [-0.2, 0) is 9.59 Å². The molecule has 1 fully saturated rings. The van der Waals surface area contributed by atoms with E-state index >= 15 is 0 Å². The first kappa shape index (κ1) is 13.4. The first-order chi connectivity index (χ1) is 9.54. The number of carboxylic acids is 1. The van der Waals surface area contributed by atoms with Crippen molar-refractivity contribution in [2.75, 3.05) is 5.75 Å². The van der Waals surface area contributed by atoms with Gasteiger partial charge in [-0.3, -0.25) is 9.59 Å². The van der Waals surface area contributed by atoms with E-state index in [0.717, 1.165) is 5.56 Å². The maximum absolute atomic E-state index is 13.7. The van der Waals surface area contributed by atoms with E-state index in [1.54, 1.807) is 12.1 Å². The molecule has 2 N–H and O–H groups in total. The van der Waals surface area contributed by atoms with Gasteiger partial charge in [0.15, 0.2) is 0 Å². The maximum atomic E-state index is 13.7. The highest BCUT2D eigenvalue weighted by Crippen LogP contribution is 2.47. The topological polar surface area (TPSA) is 66.4 Å². The van der Waals surface area contributed by atoms with Crippen LogP contribution >= 0.6 is 11.8 Å². The van der Waals surface area contributed by atoms with Crippen LogP contribution in [0.25, 0.3) is 0 Å². The summed E-state index contributed by atoms with van der Waals surface area (Å²) >= 11 is 1.43. The fourth-order valence-electron chi connectivity index (χ4n) is 2.50. The number of halogens is 1. The summed E-state index contributed by atoms with van der Waals surface area (Å²) in [4.78, 5) is 23.8. The Morgan fingerprint density at radius 1 is 1.40 bits per heavy atom. The maximum Gasteiger partial charge on any atom is 0.319 e. The van der Waals surface area contributed by atoms with Gasteiger partial charge in [0, 0.05) is 10.6 Å². The second-order valence-electron chi connectivity index (χ2n) is 5.21. The number of hydrogen-bond donors (Lipinski definition) is 2. The molecule has 106 valence electrons. The van der Waals surface area contributed by atoms with Crippen LogP contribution in [0.2, 0.25) is 0 Å². The molecule has 0 aromatic heterocycles. The van der Waals surface area contributed by atoms with Crippen molar-refractivity contribution in [3.63, 3.8) is 0 Å². The minimum atomic E-state index is -1.25. The van der Waals surface area contributed by atoms with Gasteiger partial charge in [-0.15, -0.1) is 11.8 Å². The molecule has 4 nitrogen and oxygen atoms in total. The number of thioether (sulfide) groups is 1. The van der Waals surface area contributed by atoms with Crippen LogP contribution in [0.3, 0.4) is 0 Å². The van der Waals surface area contributed by atoms with Crippen molar-refractivity contribution < 1.29 is 19.1 Å². The largest absolute Gasteiger partial charge is 0.480 e. The van der Waals surface area contributed by atoms with Gasteiger partial charge in [0.2, 0.25) is 5.91 Å². The van der Waals surface area contributed by atoms with Gasteiger partial charge in [0.25, 0.3) is 0 Å². The van der Waals surface area contributed by atoms with E-state index in [-0.39, 0.29) is 11.9 Å². The lowest BCUT2D eigenvalue weighted by molar-refractivity contribution is -0.149. The minimum absolute atomic E-state index is 0.286. The average molecular weight is 295 g/mol. The molecule has 1 saturated carbocycles. The molecule has 0 unspecified atom stereocenters. The van der Waals surface area contributed by atoms with Crippen LogP contribution in [0.1, 0.15) is 30.9 Å². The molecule has 1 amide bonds. The fraction of sp³-hybridized carbons (Fsp3) is 0.429. The van der Waals surface area contributed by atoms with E-state index in [4.69, 9.17) is 5.11 Å². The molecule has 1 aromatic carbocycles. The zero-order valence-electron chi connectivity index (χ0n) is 10.7. The van der Waals surface area contributed by atoms with Gasteiger partial charge in [0.05, 0.1) is 6.04 Å². The number of rotatable bonds is 3. The predicted molar refractivity (Wildman–Crippen MR) is 71.9 cm³/mol. The molecule has 0 spiro atoms. The molecule has 0 saturated heterocycles. The zero-order chi connectivity index (χ0) is 14.3. The van der Waals surface area contributed by atoms with E-state index < -0.39 is 17.3 Å². The van der Waals surface area contributed by atoms with Gasteiger partial charge in [0.1, 0.15) is 11.2 Å². The number of hydrogen-bond acceptors (Lipinski definition) is 3. The molecule has 1 aliphatic carbocycles. The Bertz CT molecular complexity index is 586. The molecule has 1 heterocycles. The summed E-state index contributed by atoms with van der Waals surface area (Å²) in [6.07, 6.45) is 1.44. The fourth-order valence-corrected chi connectivity index (χ4v) is 3.64. The van der Waals surface area contributed by atoms with Gasteiger partial charge in [-0.05, 0) is 30.9 Å². The molecule has 1 aromatic rings. The molecule has 1 atom stereocenters. The first-order valence-corrected chi connectivity index (χ1v) is 7.49. The number of benzene rings is 1. The molecule has 20 heavy (non-hydrogen) atoms. The van der Waals surface area contributed by atoms with Crippen molar-refractivity contribution >= 4 is 23.6 Å². The smallest absolute Gasteiger partial charge is 0.319 e. The third-order valence-corrected chi connectivity index (χ3v) is 5.08. The highest BCUT2D eigenvalue weighted by molar-refractivity contribution is 7.99. The first-order valence-electron chi connectivity index (χ1n) is 6.50. The molecule has 1 aliphatic heterocycles. The predicted octanol–water partition coefficient (Wildman–Crippen LogP) is 2.34. The van der Waals surface area contributed by atoms with Gasteiger partial charge in [-0.25, -0.2) is 4.39 Å². The monoisotopic (exact) mass is 295 g/mol. The van der Waals surface area contributed by atoms with Gasteiger partial charge < -0.3 is 10.4 Å². The quantitative estimate of drug-likeness (QED) is 0.840. The lowest BCUT2D eigenvalue weighted by Crippen LogP contribution is -2.40. The summed E-state index contributed by atoms with van der Waals surface area (Å²) in [5.41, 5.74) is -0.506. The Morgan fingerprint density at radius 3 is 2.80 bits per heavy atom. The van der Waals surface area contributed by atoms with E-state index in [1.807, 2.05) is 0 Å². The second kappa shape index (κ2) is 4.77. The lowest BCUT2D eigenvalue weighted by atomic mass is 10.0. The van der Waals surface area contributed by atoms with Gasteiger partial charge >= 0.3 is 5.97 Å². The van der Waals surface area contributed by atoms with Gasteiger partial charge in [-0.1, -0.05) is 12.1 Å². The number of carbonyl (C=O) groups is 2.